The average molecular weight is 299 g/mol. The Morgan fingerprint density at radius 3 is 2.91 bits per heavy atom. The number of nitrogens with zero attached hydrogens (tertiary/aromatic N) is 2. The van der Waals surface area contributed by atoms with Crippen LogP contribution in [0.1, 0.15) is 31.6 Å². The van der Waals surface area contributed by atoms with Crippen molar-refractivity contribution in [1.82, 2.24) is 9.55 Å². The Kier molecular flexibility index (Phi) is 3.30. The summed E-state index contributed by atoms with van der Waals surface area (Å²) in [4.78, 5) is 4.79. The number of rotatable bonds is 1. The van der Waals surface area contributed by atoms with E-state index in [2.05, 4.69) is 17.7 Å². The highest BCUT2D eigenvalue weighted by Crippen LogP contribution is 2.35. The van der Waals surface area contributed by atoms with Gasteiger partial charge in [-0.25, -0.2) is 4.98 Å². The van der Waals surface area contributed by atoms with Gasteiger partial charge in [-0.3, -0.25) is 0 Å². The molecule has 0 fully saturated rings. The molecule has 0 amide bonds. The summed E-state index contributed by atoms with van der Waals surface area (Å²) < 4.78 is 13.7. The molecule has 22 heavy (non-hydrogen) atoms. The van der Waals surface area contributed by atoms with Crippen LogP contribution in [0, 0.1) is 0 Å². The standard InChI is InChI=1S/C17H21N3O2/c1-11-13(18)4-6-17-19-14(10-20(11)17)12-3-5-15-16(9-12)22-8-2-7-21-15/h3,5,9-11,13H,2,4,6-8,18H2,1H3. The van der Waals surface area contributed by atoms with E-state index in [1.54, 1.807) is 0 Å². The zero-order valence-corrected chi connectivity index (χ0v) is 12.8. The number of hydrogen-bond donors (Lipinski definition) is 1. The van der Waals surface area contributed by atoms with Crippen molar-refractivity contribution in [2.24, 2.45) is 5.73 Å². The molecule has 2 unspecified atom stereocenters. The predicted octanol–water partition coefficient (Wildman–Crippen LogP) is 2.55. The van der Waals surface area contributed by atoms with E-state index in [9.17, 15) is 0 Å². The summed E-state index contributed by atoms with van der Waals surface area (Å²) in [7, 11) is 0. The molecule has 0 spiro atoms. The van der Waals surface area contributed by atoms with Crippen LogP contribution in [0.4, 0.5) is 0 Å². The summed E-state index contributed by atoms with van der Waals surface area (Å²) in [6, 6.07) is 6.55. The van der Waals surface area contributed by atoms with Gasteiger partial charge < -0.3 is 19.8 Å². The zero-order chi connectivity index (χ0) is 15.1. The van der Waals surface area contributed by atoms with Crippen LogP contribution in [0.15, 0.2) is 24.4 Å². The summed E-state index contributed by atoms with van der Waals surface area (Å²) in [5.41, 5.74) is 8.20. The third kappa shape index (κ3) is 2.25. The fraction of sp³-hybridized carbons (Fsp3) is 0.471. The molecule has 0 bridgehead atoms. The van der Waals surface area contributed by atoms with Crippen LogP contribution in [0.25, 0.3) is 11.3 Å². The lowest BCUT2D eigenvalue weighted by atomic mass is 10.0. The van der Waals surface area contributed by atoms with E-state index in [-0.39, 0.29) is 6.04 Å². The first kappa shape index (κ1) is 13.6. The molecule has 2 aliphatic heterocycles. The van der Waals surface area contributed by atoms with Crippen LogP contribution < -0.4 is 15.2 Å². The molecular formula is C17H21N3O2. The maximum atomic E-state index is 6.16. The van der Waals surface area contributed by atoms with Crippen LogP contribution in [-0.2, 0) is 6.42 Å². The smallest absolute Gasteiger partial charge is 0.161 e. The number of benzene rings is 1. The number of aromatic nitrogens is 2. The molecule has 4 rings (SSSR count). The molecule has 0 saturated heterocycles. The molecular weight excluding hydrogens is 278 g/mol. The van der Waals surface area contributed by atoms with Crippen LogP contribution in [0.2, 0.25) is 0 Å². The second kappa shape index (κ2) is 5.32. The first-order chi connectivity index (χ1) is 10.7. The Morgan fingerprint density at radius 1 is 1.23 bits per heavy atom. The molecule has 2 atom stereocenters. The molecule has 1 aromatic carbocycles. The minimum Gasteiger partial charge on any atom is -0.490 e. The minimum absolute atomic E-state index is 0.207. The first-order valence-corrected chi connectivity index (χ1v) is 7.96. The minimum atomic E-state index is 0.207. The van der Waals surface area contributed by atoms with Crippen LogP contribution in [-0.4, -0.2) is 28.8 Å². The fourth-order valence-electron chi connectivity index (χ4n) is 3.17. The molecule has 3 heterocycles. The average Bonchev–Trinajstić information content (AvgIpc) is 2.83. The van der Waals surface area contributed by atoms with Gasteiger partial charge in [0, 0.05) is 36.7 Å². The van der Waals surface area contributed by atoms with Crippen LogP contribution >= 0.6 is 0 Å². The van der Waals surface area contributed by atoms with Crippen molar-refractivity contribution < 1.29 is 9.47 Å². The normalized spacial score (nSPS) is 23.7. The Morgan fingerprint density at radius 2 is 2.05 bits per heavy atom. The molecule has 2 aliphatic rings. The van der Waals surface area contributed by atoms with E-state index in [0.29, 0.717) is 19.3 Å². The highest BCUT2D eigenvalue weighted by atomic mass is 16.5. The number of imidazole rings is 1. The predicted molar refractivity (Wildman–Crippen MR) is 84.3 cm³/mol. The first-order valence-electron chi connectivity index (χ1n) is 7.96. The molecule has 1 aromatic heterocycles. The van der Waals surface area contributed by atoms with Crippen molar-refractivity contribution in [3.63, 3.8) is 0 Å². The van der Waals surface area contributed by atoms with E-state index >= 15 is 0 Å². The fourth-order valence-corrected chi connectivity index (χ4v) is 3.17. The van der Waals surface area contributed by atoms with Gasteiger partial charge in [-0.05, 0) is 31.5 Å². The van der Waals surface area contributed by atoms with Crippen molar-refractivity contribution in [2.75, 3.05) is 13.2 Å². The van der Waals surface area contributed by atoms with Crippen LogP contribution in [0.3, 0.4) is 0 Å². The summed E-state index contributed by atoms with van der Waals surface area (Å²) in [6.07, 6.45) is 4.96. The SMILES string of the molecule is CC1C(N)CCc2nc(-c3ccc4c(c3)OCCCO4)cn21. The van der Waals surface area contributed by atoms with Crippen molar-refractivity contribution in [3.05, 3.63) is 30.2 Å². The lowest BCUT2D eigenvalue weighted by Gasteiger charge is -2.27. The third-order valence-electron chi connectivity index (χ3n) is 4.61. The monoisotopic (exact) mass is 299 g/mol. The highest BCUT2D eigenvalue weighted by Gasteiger charge is 2.25. The van der Waals surface area contributed by atoms with E-state index < -0.39 is 0 Å². The molecule has 0 saturated carbocycles. The zero-order valence-electron chi connectivity index (χ0n) is 12.8. The molecule has 2 aromatic rings. The van der Waals surface area contributed by atoms with Gasteiger partial charge in [0.25, 0.3) is 0 Å². The van der Waals surface area contributed by atoms with Gasteiger partial charge in [0.2, 0.25) is 0 Å². The second-order valence-electron chi connectivity index (χ2n) is 6.10. The van der Waals surface area contributed by atoms with Gasteiger partial charge in [-0.15, -0.1) is 0 Å². The van der Waals surface area contributed by atoms with E-state index in [0.717, 1.165) is 47.8 Å². The number of aryl methyl sites for hydroxylation is 1. The summed E-state index contributed by atoms with van der Waals surface area (Å²) in [5.74, 6) is 2.75. The Hall–Kier alpha value is -2.01. The molecule has 5 heteroatoms. The summed E-state index contributed by atoms with van der Waals surface area (Å²) >= 11 is 0. The largest absolute Gasteiger partial charge is 0.490 e. The molecule has 0 radical (unpaired) electrons. The van der Waals surface area contributed by atoms with Gasteiger partial charge in [-0.1, -0.05) is 0 Å². The molecule has 116 valence electrons. The van der Waals surface area contributed by atoms with Crippen molar-refractivity contribution in [3.8, 4) is 22.8 Å². The quantitative estimate of drug-likeness (QED) is 0.879. The van der Waals surface area contributed by atoms with Gasteiger partial charge in [0.05, 0.1) is 18.9 Å². The second-order valence-corrected chi connectivity index (χ2v) is 6.10. The molecule has 5 nitrogen and oxygen atoms in total. The van der Waals surface area contributed by atoms with E-state index in [1.165, 1.54) is 0 Å². The summed E-state index contributed by atoms with van der Waals surface area (Å²) in [6.45, 7) is 3.56. The number of ether oxygens (including phenoxy) is 2. The van der Waals surface area contributed by atoms with Crippen molar-refractivity contribution >= 4 is 0 Å². The maximum absolute atomic E-state index is 6.16. The van der Waals surface area contributed by atoms with E-state index in [1.807, 2.05) is 18.2 Å². The molecule has 0 aliphatic carbocycles. The Labute approximate surface area is 130 Å². The lowest BCUT2D eigenvalue weighted by molar-refractivity contribution is 0.297. The number of nitrogens with two attached hydrogens (primary N) is 1. The third-order valence-corrected chi connectivity index (χ3v) is 4.61. The Bertz CT molecular complexity index is 695. The summed E-state index contributed by atoms with van der Waals surface area (Å²) in [5, 5.41) is 0. The number of hydrogen-bond acceptors (Lipinski definition) is 4. The van der Waals surface area contributed by atoms with Gasteiger partial charge in [-0.2, -0.15) is 0 Å². The number of fused-ring (bicyclic) bond motifs is 2. The van der Waals surface area contributed by atoms with Gasteiger partial charge in [0.1, 0.15) is 5.82 Å². The van der Waals surface area contributed by atoms with Crippen molar-refractivity contribution in [1.29, 1.82) is 0 Å². The molecule has 2 N–H and O–H groups in total. The highest BCUT2D eigenvalue weighted by molar-refractivity contribution is 5.64. The van der Waals surface area contributed by atoms with Gasteiger partial charge >= 0.3 is 0 Å². The van der Waals surface area contributed by atoms with Crippen molar-refractivity contribution in [2.45, 2.75) is 38.3 Å². The van der Waals surface area contributed by atoms with Gasteiger partial charge in [0.15, 0.2) is 11.5 Å². The lowest BCUT2D eigenvalue weighted by Crippen LogP contribution is -2.35. The van der Waals surface area contributed by atoms with Crippen LogP contribution in [0.5, 0.6) is 11.5 Å². The topological polar surface area (TPSA) is 62.3 Å². The Balaban J connectivity index is 1.71. The maximum Gasteiger partial charge on any atom is 0.161 e. The van der Waals surface area contributed by atoms with E-state index in [4.69, 9.17) is 20.2 Å².